The van der Waals surface area contributed by atoms with Crippen molar-refractivity contribution in [3.05, 3.63) is 77.2 Å². The van der Waals surface area contributed by atoms with Gasteiger partial charge in [-0.15, -0.1) is 0 Å². The molecule has 0 aliphatic carbocycles. The molecular weight excluding hydrogens is 390 g/mol. The number of pyridine rings is 1. The van der Waals surface area contributed by atoms with Crippen molar-refractivity contribution in [2.75, 3.05) is 0 Å². The Morgan fingerprint density at radius 1 is 0.781 bits per heavy atom. The molecule has 162 valence electrons. The molecule has 0 aliphatic heterocycles. The molecule has 0 fully saturated rings. The van der Waals surface area contributed by atoms with Crippen LogP contribution < -0.4 is 0 Å². The number of benzene rings is 3. The fourth-order valence-corrected chi connectivity index (χ4v) is 5.01. The van der Waals surface area contributed by atoms with Gasteiger partial charge in [-0.2, -0.15) is 0 Å². The van der Waals surface area contributed by atoms with Crippen LogP contribution in [0.15, 0.2) is 59.1 Å². The van der Waals surface area contributed by atoms with Crippen molar-refractivity contribution >= 4 is 32.5 Å². The Hall–Kier alpha value is -3.13. The summed E-state index contributed by atoms with van der Waals surface area (Å²) < 4.78 is 6.08. The summed E-state index contributed by atoms with van der Waals surface area (Å²) >= 11 is 0. The highest BCUT2D eigenvalue weighted by atomic mass is 16.3. The van der Waals surface area contributed by atoms with E-state index in [2.05, 4.69) is 90.1 Å². The van der Waals surface area contributed by atoms with Crippen LogP contribution in [0, 0.1) is 13.8 Å². The molecule has 2 nitrogen and oxygen atoms in total. The van der Waals surface area contributed by atoms with Crippen LogP contribution in [0.5, 0.6) is 0 Å². The molecule has 5 aromatic rings. The van der Waals surface area contributed by atoms with Crippen LogP contribution in [0.4, 0.5) is 0 Å². The molecule has 0 saturated carbocycles. The van der Waals surface area contributed by atoms with E-state index < -0.39 is 0 Å². The van der Waals surface area contributed by atoms with Crippen LogP contribution in [0.1, 0.15) is 63.0 Å². The summed E-state index contributed by atoms with van der Waals surface area (Å²) in [7, 11) is 0. The Labute approximate surface area is 190 Å². The molecule has 2 aromatic heterocycles. The van der Waals surface area contributed by atoms with Gasteiger partial charge >= 0.3 is 0 Å². The van der Waals surface area contributed by atoms with E-state index in [-0.39, 0.29) is 5.41 Å². The van der Waals surface area contributed by atoms with E-state index in [4.69, 9.17) is 9.40 Å². The van der Waals surface area contributed by atoms with Gasteiger partial charge in [0.25, 0.3) is 0 Å². The number of furan rings is 1. The van der Waals surface area contributed by atoms with E-state index in [1.807, 2.05) is 13.1 Å². The lowest BCUT2D eigenvalue weighted by atomic mass is 9.83. The summed E-state index contributed by atoms with van der Waals surface area (Å²) in [6, 6.07) is 17.9. The maximum Gasteiger partial charge on any atom is 0.135 e. The van der Waals surface area contributed by atoms with Crippen molar-refractivity contribution in [3.8, 4) is 11.3 Å². The molecule has 3 aromatic carbocycles. The molecule has 0 bridgehead atoms. The smallest absolute Gasteiger partial charge is 0.135 e. The molecule has 0 saturated heterocycles. The number of aromatic nitrogens is 1. The van der Waals surface area contributed by atoms with Gasteiger partial charge in [-0.1, -0.05) is 64.4 Å². The number of aryl methyl sites for hydroxylation is 2. The second-order valence-electron chi connectivity index (χ2n) is 10.5. The average Bonchev–Trinajstić information content (AvgIpc) is 3.10. The topological polar surface area (TPSA) is 26.0 Å². The summed E-state index contributed by atoms with van der Waals surface area (Å²) in [6.45, 7) is 15.5. The standard InChI is InChI=1S/C30H31NO/c1-17(2)24-12-18(3)13-25-21(24)8-9-23-22(25)10-11-31-29(23)20-15-27(30(5,6)7)26-14-19(4)32-28(26)16-20/h8-17H,1-7H3. The van der Waals surface area contributed by atoms with Crippen molar-refractivity contribution < 1.29 is 4.42 Å². The summed E-state index contributed by atoms with van der Waals surface area (Å²) in [4.78, 5) is 4.86. The molecule has 2 heterocycles. The second-order valence-corrected chi connectivity index (χ2v) is 10.5. The highest BCUT2D eigenvalue weighted by Gasteiger charge is 2.21. The third-order valence-electron chi connectivity index (χ3n) is 6.52. The molecule has 2 heteroatoms. The zero-order valence-electron chi connectivity index (χ0n) is 20.1. The number of hydrogen-bond donors (Lipinski definition) is 0. The van der Waals surface area contributed by atoms with Gasteiger partial charge in [-0.3, -0.25) is 4.98 Å². The number of nitrogens with zero attached hydrogens (tertiary/aromatic N) is 1. The predicted octanol–water partition coefficient (Wildman–Crippen LogP) is 8.84. The highest BCUT2D eigenvalue weighted by Crippen LogP contribution is 2.39. The van der Waals surface area contributed by atoms with Gasteiger partial charge < -0.3 is 4.42 Å². The molecule has 5 rings (SSSR count). The predicted molar refractivity (Wildman–Crippen MR) is 137 cm³/mol. The minimum Gasteiger partial charge on any atom is -0.461 e. The van der Waals surface area contributed by atoms with Crippen LogP contribution >= 0.6 is 0 Å². The molecule has 0 atom stereocenters. The maximum absolute atomic E-state index is 6.08. The number of rotatable bonds is 2. The normalized spacial score (nSPS) is 12.5. The summed E-state index contributed by atoms with van der Waals surface area (Å²) in [5, 5.41) is 6.28. The highest BCUT2D eigenvalue weighted by molar-refractivity contribution is 6.12. The molecule has 0 N–H and O–H groups in total. The van der Waals surface area contributed by atoms with E-state index in [1.54, 1.807) is 0 Å². The molecule has 0 amide bonds. The first kappa shape index (κ1) is 20.8. The molecular formula is C30H31NO. The Morgan fingerprint density at radius 2 is 1.53 bits per heavy atom. The molecule has 0 aliphatic rings. The number of hydrogen-bond acceptors (Lipinski definition) is 2. The summed E-state index contributed by atoms with van der Waals surface area (Å²) in [5.74, 6) is 1.42. The van der Waals surface area contributed by atoms with Crippen molar-refractivity contribution in [2.24, 2.45) is 0 Å². The van der Waals surface area contributed by atoms with Gasteiger partial charge in [0, 0.05) is 22.5 Å². The minimum absolute atomic E-state index is 0.00509. The Bertz CT molecular complexity index is 1500. The third kappa shape index (κ3) is 3.30. The third-order valence-corrected chi connectivity index (χ3v) is 6.52. The monoisotopic (exact) mass is 421 g/mol. The van der Waals surface area contributed by atoms with Crippen LogP contribution in [-0.2, 0) is 5.41 Å². The average molecular weight is 422 g/mol. The van der Waals surface area contributed by atoms with Crippen molar-refractivity contribution in [2.45, 2.75) is 59.8 Å². The lowest BCUT2D eigenvalue weighted by Gasteiger charge is -2.21. The van der Waals surface area contributed by atoms with Gasteiger partial charge in [-0.05, 0) is 76.7 Å². The largest absolute Gasteiger partial charge is 0.461 e. The SMILES string of the molecule is Cc1cc(C(C)C)c2ccc3c(-c4cc(C(C)(C)C)c5cc(C)oc5c4)nccc3c2c1. The molecule has 0 spiro atoms. The zero-order chi connectivity index (χ0) is 22.8. The molecule has 32 heavy (non-hydrogen) atoms. The van der Waals surface area contributed by atoms with Crippen LogP contribution in [0.25, 0.3) is 43.8 Å². The van der Waals surface area contributed by atoms with Gasteiger partial charge in [0.05, 0.1) is 5.69 Å². The van der Waals surface area contributed by atoms with E-state index >= 15 is 0 Å². The van der Waals surface area contributed by atoms with Gasteiger partial charge in [0.2, 0.25) is 0 Å². The zero-order valence-corrected chi connectivity index (χ0v) is 20.1. The van der Waals surface area contributed by atoms with Crippen molar-refractivity contribution in [3.63, 3.8) is 0 Å². The fraction of sp³-hybridized carbons (Fsp3) is 0.300. The first-order valence-corrected chi connectivity index (χ1v) is 11.5. The van der Waals surface area contributed by atoms with Gasteiger partial charge in [-0.25, -0.2) is 0 Å². The van der Waals surface area contributed by atoms with E-state index in [1.165, 1.54) is 43.6 Å². The van der Waals surface area contributed by atoms with Crippen LogP contribution in [0.3, 0.4) is 0 Å². The molecule has 0 radical (unpaired) electrons. The van der Waals surface area contributed by atoms with Crippen molar-refractivity contribution in [1.82, 2.24) is 4.98 Å². The number of fused-ring (bicyclic) bond motifs is 4. The Morgan fingerprint density at radius 3 is 2.25 bits per heavy atom. The van der Waals surface area contributed by atoms with E-state index in [9.17, 15) is 0 Å². The van der Waals surface area contributed by atoms with Crippen LogP contribution in [0.2, 0.25) is 0 Å². The van der Waals surface area contributed by atoms with E-state index in [0.29, 0.717) is 5.92 Å². The second kappa shape index (κ2) is 7.20. The van der Waals surface area contributed by atoms with Crippen molar-refractivity contribution in [1.29, 1.82) is 0 Å². The maximum atomic E-state index is 6.08. The quantitative estimate of drug-likeness (QED) is 0.266. The van der Waals surface area contributed by atoms with E-state index in [0.717, 1.165) is 22.6 Å². The fourth-order valence-electron chi connectivity index (χ4n) is 5.01. The first-order chi connectivity index (χ1) is 15.1. The Balaban J connectivity index is 1.84. The summed E-state index contributed by atoms with van der Waals surface area (Å²) in [5.41, 5.74) is 7.06. The Kier molecular flexibility index (Phi) is 4.67. The van der Waals surface area contributed by atoms with Gasteiger partial charge in [0.1, 0.15) is 11.3 Å². The lowest BCUT2D eigenvalue weighted by molar-refractivity contribution is 0.575. The summed E-state index contributed by atoms with van der Waals surface area (Å²) in [6.07, 6.45) is 1.95. The van der Waals surface area contributed by atoms with Gasteiger partial charge in [0.15, 0.2) is 0 Å². The minimum atomic E-state index is 0.00509. The molecule has 0 unspecified atom stereocenters. The first-order valence-electron chi connectivity index (χ1n) is 11.5. The van der Waals surface area contributed by atoms with Crippen LogP contribution in [-0.4, -0.2) is 4.98 Å². The lowest BCUT2D eigenvalue weighted by Crippen LogP contribution is -2.11.